The summed E-state index contributed by atoms with van der Waals surface area (Å²) in [7, 11) is 1.32. The van der Waals surface area contributed by atoms with Crippen LogP contribution in [0.2, 0.25) is 0 Å². The molecular formula is C19H30N2O4. The summed E-state index contributed by atoms with van der Waals surface area (Å²) in [6, 6.07) is 7.46. The number of alkyl carbamates (subject to hydrolysis) is 1. The van der Waals surface area contributed by atoms with Gasteiger partial charge in [-0.05, 0) is 45.2 Å². The molecule has 0 aliphatic rings. The number of esters is 1. The first-order chi connectivity index (χ1) is 11.7. The Hall–Kier alpha value is -2.08. The van der Waals surface area contributed by atoms with Gasteiger partial charge in [0.25, 0.3) is 0 Å². The smallest absolute Gasteiger partial charge is 0.407 e. The van der Waals surface area contributed by atoms with Crippen molar-refractivity contribution in [2.45, 2.75) is 58.7 Å². The lowest BCUT2D eigenvalue weighted by Gasteiger charge is -2.24. The summed E-state index contributed by atoms with van der Waals surface area (Å²) < 4.78 is 10.0. The van der Waals surface area contributed by atoms with Crippen LogP contribution in [-0.2, 0) is 20.7 Å². The third-order valence-electron chi connectivity index (χ3n) is 3.67. The van der Waals surface area contributed by atoms with Crippen LogP contribution in [0.15, 0.2) is 24.3 Å². The predicted molar refractivity (Wildman–Crippen MR) is 97.4 cm³/mol. The Bertz CT molecular complexity index is 564. The first-order valence-electron chi connectivity index (χ1n) is 8.55. The fourth-order valence-corrected chi connectivity index (χ4v) is 2.29. The largest absolute Gasteiger partial charge is 0.468 e. The molecule has 1 aromatic rings. The molecule has 0 fully saturated rings. The van der Waals surface area contributed by atoms with Crippen molar-refractivity contribution in [1.29, 1.82) is 0 Å². The summed E-state index contributed by atoms with van der Waals surface area (Å²) in [4.78, 5) is 23.8. The van der Waals surface area contributed by atoms with Gasteiger partial charge in [-0.15, -0.1) is 0 Å². The molecule has 2 atom stereocenters. The number of methoxy groups -OCH3 is 1. The molecule has 0 bridgehead atoms. The fourth-order valence-electron chi connectivity index (χ4n) is 2.29. The third kappa shape index (κ3) is 7.56. The molecule has 0 heterocycles. The van der Waals surface area contributed by atoms with E-state index in [2.05, 4.69) is 29.7 Å². The Morgan fingerprint density at radius 2 is 1.76 bits per heavy atom. The first-order valence-corrected chi connectivity index (χ1v) is 8.55. The maximum Gasteiger partial charge on any atom is 0.407 e. The van der Waals surface area contributed by atoms with Crippen LogP contribution >= 0.6 is 0 Å². The van der Waals surface area contributed by atoms with Gasteiger partial charge in [0.1, 0.15) is 11.6 Å². The van der Waals surface area contributed by atoms with E-state index < -0.39 is 23.7 Å². The Morgan fingerprint density at radius 3 is 2.24 bits per heavy atom. The lowest BCUT2D eigenvalue weighted by molar-refractivity contribution is -0.143. The van der Waals surface area contributed by atoms with Crippen molar-refractivity contribution >= 4 is 12.1 Å². The summed E-state index contributed by atoms with van der Waals surface area (Å²) in [6.07, 6.45) is 0.412. The molecule has 0 aliphatic carbocycles. The minimum Gasteiger partial charge on any atom is -0.468 e. The Labute approximate surface area is 150 Å². The predicted octanol–water partition coefficient (Wildman–Crippen LogP) is 2.97. The molecule has 1 aromatic carbocycles. The van der Waals surface area contributed by atoms with Crippen molar-refractivity contribution in [3.8, 4) is 0 Å². The molecule has 140 valence electrons. The summed E-state index contributed by atoms with van der Waals surface area (Å²) in [5.74, 6) is -0.437. The van der Waals surface area contributed by atoms with Gasteiger partial charge in [0.15, 0.2) is 0 Å². The Morgan fingerprint density at radius 1 is 1.16 bits per heavy atom. The summed E-state index contributed by atoms with van der Waals surface area (Å²) in [5.41, 5.74) is 1.72. The van der Waals surface area contributed by atoms with Gasteiger partial charge in [-0.25, -0.2) is 4.79 Å². The van der Waals surface area contributed by atoms with Crippen molar-refractivity contribution in [1.82, 2.24) is 10.6 Å². The van der Waals surface area contributed by atoms with Gasteiger partial charge in [0, 0.05) is 12.6 Å². The van der Waals surface area contributed by atoms with Crippen LogP contribution < -0.4 is 10.6 Å². The highest BCUT2D eigenvalue weighted by molar-refractivity contribution is 5.77. The van der Waals surface area contributed by atoms with Crippen LogP contribution in [0.25, 0.3) is 0 Å². The van der Waals surface area contributed by atoms with Crippen molar-refractivity contribution in [2.24, 2.45) is 0 Å². The summed E-state index contributed by atoms with van der Waals surface area (Å²) >= 11 is 0. The van der Waals surface area contributed by atoms with Crippen LogP contribution in [0.3, 0.4) is 0 Å². The van der Waals surface area contributed by atoms with Crippen LogP contribution in [0.4, 0.5) is 4.79 Å². The maximum atomic E-state index is 12.0. The van der Waals surface area contributed by atoms with Gasteiger partial charge in [-0.1, -0.05) is 31.2 Å². The van der Waals surface area contributed by atoms with Crippen LogP contribution in [0.1, 0.15) is 51.8 Å². The van der Waals surface area contributed by atoms with Crippen LogP contribution in [-0.4, -0.2) is 37.4 Å². The van der Waals surface area contributed by atoms with Gasteiger partial charge in [0.05, 0.1) is 7.11 Å². The maximum absolute atomic E-state index is 12.0. The van der Waals surface area contributed by atoms with Crippen molar-refractivity contribution in [3.63, 3.8) is 0 Å². The SMILES string of the molecule is CCc1ccc(C(C)NC(CNC(=O)OC(C)(C)C)C(=O)OC)cc1. The molecule has 1 rings (SSSR count). The van der Waals surface area contributed by atoms with E-state index in [0.29, 0.717) is 0 Å². The van der Waals surface area contributed by atoms with Gasteiger partial charge in [-0.3, -0.25) is 10.1 Å². The van der Waals surface area contributed by atoms with E-state index >= 15 is 0 Å². The van der Waals surface area contributed by atoms with E-state index in [1.165, 1.54) is 12.7 Å². The topological polar surface area (TPSA) is 76.7 Å². The molecule has 6 heteroatoms. The fraction of sp³-hybridized carbons (Fsp3) is 0.579. The molecule has 0 saturated carbocycles. The molecule has 0 radical (unpaired) electrons. The second kappa shape index (κ2) is 9.42. The van der Waals surface area contributed by atoms with E-state index in [0.717, 1.165) is 12.0 Å². The number of carbonyl (C=O) groups is 2. The highest BCUT2D eigenvalue weighted by Crippen LogP contribution is 2.15. The van der Waals surface area contributed by atoms with E-state index in [-0.39, 0.29) is 12.6 Å². The lowest BCUT2D eigenvalue weighted by Crippen LogP contribution is -2.48. The van der Waals surface area contributed by atoms with Gasteiger partial charge in [-0.2, -0.15) is 0 Å². The molecular weight excluding hydrogens is 320 g/mol. The monoisotopic (exact) mass is 350 g/mol. The zero-order valence-corrected chi connectivity index (χ0v) is 16.0. The zero-order valence-electron chi connectivity index (χ0n) is 16.0. The van der Waals surface area contributed by atoms with Gasteiger partial charge in [0.2, 0.25) is 0 Å². The number of amides is 1. The van der Waals surface area contributed by atoms with Crippen LogP contribution in [0, 0.1) is 0 Å². The van der Waals surface area contributed by atoms with Gasteiger partial charge < -0.3 is 14.8 Å². The molecule has 25 heavy (non-hydrogen) atoms. The quantitative estimate of drug-likeness (QED) is 0.739. The first kappa shape index (κ1) is 21.0. The summed E-state index contributed by atoms with van der Waals surface area (Å²) in [6.45, 7) is 9.50. The normalized spacial score (nSPS) is 13.7. The number of aryl methyl sites for hydroxylation is 1. The second-order valence-corrected chi connectivity index (χ2v) is 6.94. The van der Waals surface area contributed by atoms with E-state index in [9.17, 15) is 9.59 Å². The highest BCUT2D eigenvalue weighted by Gasteiger charge is 2.24. The number of rotatable bonds is 7. The highest BCUT2D eigenvalue weighted by atomic mass is 16.6. The minimum absolute atomic E-state index is 0.0737. The molecule has 6 nitrogen and oxygen atoms in total. The minimum atomic E-state index is -0.668. The Kier molecular flexibility index (Phi) is 7.90. The molecule has 0 spiro atoms. The average Bonchev–Trinajstić information content (AvgIpc) is 2.56. The number of hydrogen-bond acceptors (Lipinski definition) is 5. The number of ether oxygens (including phenoxy) is 2. The van der Waals surface area contributed by atoms with Gasteiger partial charge >= 0.3 is 12.1 Å². The zero-order chi connectivity index (χ0) is 19.0. The number of nitrogens with one attached hydrogen (secondary N) is 2. The Balaban J connectivity index is 2.68. The van der Waals surface area contributed by atoms with Crippen molar-refractivity contribution in [3.05, 3.63) is 35.4 Å². The number of benzene rings is 1. The lowest BCUT2D eigenvalue weighted by atomic mass is 10.0. The van der Waals surface area contributed by atoms with Crippen molar-refractivity contribution < 1.29 is 19.1 Å². The molecule has 0 saturated heterocycles. The molecule has 0 aliphatic heterocycles. The number of hydrogen-bond donors (Lipinski definition) is 2. The molecule has 2 N–H and O–H groups in total. The average molecular weight is 350 g/mol. The van der Waals surface area contributed by atoms with Crippen LogP contribution in [0.5, 0.6) is 0 Å². The van der Waals surface area contributed by atoms with E-state index in [1.54, 1.807) is 20.8 Å². The molecule has 0 aromatic heterocycles. The molecule has 2 unspecified atom stereocenters. The standard InChI is InChI=1S/C19H30N2O4/c1-7-14-8-10-15(11-9-14)13(2)21-16(17(22)24-6)12-20-18(23)25-19(3,4)5/h8-11,13,16,21H,7,12H2,1-6H3,(H,20,23). The van der Waals surface area contributed by atoms with E-state index in [4.69, 9.17) is 9.47 Å². The third-order valence-corrected chi connectivity index (χ3v) is 3.67. The summed E-state index contributed by atoms with van der Waals surface area (Å²) in [5, 5.41) is 5.80. The van der Waals surface area contributed by atoms with E-state index in [1.807, 2.05) is 19.1 Å². The second-order valence-electron chi connectivity index (χ2n) is 6.94. The molecule has 1 amide bonds. The van der Waals surface area contributed by atoms with Crippen molar-refractivity contribution in [2.75, 3.05) is 13.7 Å². The number of carbonyl (C=O) groups excluding carboxylic acids is 2.